The second kappa shape index (κ2) is 3.09. The Morgan fingerprint density at radius 2 is 2.21 bits per heavy atom. The number of allylic oxidation sites excluding steroid dienone is 2. The van der Waals surface area contributed by atoms with Crippen molar-refractivity contribution in [3.05, 3.63) is 12.2 Å². The first-order valence-electron chi connectivity index (χ1n) is 5.13. The van der Waals surface area contributed by atoms with Crippen molar-refractivity contribution in [3.8, 4) is 0 Å². The van der Waals surface area contributed by atoms with Crippen LogP contribution in [0.5, 0.6) is 0 Å². The summed E-state index contributed by atoms with van der Waals surface area (Å²) in [4.78, 5) is 10.7. The summed E-state index contributed by atoms with van der Waals surface area (Å²) in [6.45, 7) is 1.39. The molecule has 14 heavy (non-hydrogen) atoms. The van der Waals surface area contributed by atoms with Crippen LogP contribution in [-0.2, 0) is 4.79 Å². The molecule has 2 aliphatic carbocycles. The second-order valence-electron chi connectivity index (χ2n) is 4.82. The maximum atomic E-state index is 10.7. The molecule has 0 aromatic rings. The van der Waals surface area contributed by atoms with Crippen LogP contribution in [0.25, 0.3) is 0 Å². The Morgan fingerprint density at radius 3 is 2.64 bits per heavy atom. The Labute approximate surface area is 83.4 Å². The SMILES string of the molecule is CC(O)(CC1CC2C=CC1C2)C(=O)O. The molecule has 4 unspecified atom stereocenters. The van der Waals surface area contributed by atoms with Gasteiger partial charge in [-0.3, -0.25) is 0 Å². The van der Waals surface area contributed by atoms with Crippen LogP contribution in [-0.4, -0.2) is 21.8 Å². The summed E-state index contributed by atoms with van der Waals surface area (Å²) >= 11 is 0. The third-order valence-electron chi connectivity index (χ3n) is 3.54. The minimum Gasteiger partial charge on any atom is -0.479 e. The van der Waals surface area contributed by atoms with E-state index < -0.39 is 11.6 Å². The van der Waals surface area contributed by atoms with Crippen molar-refractivity contribution in [1.82, 2.24) is 0 Å². The Morgan fingerprint density at radius 1 is 1.50 bits per heavy atom. The van der Waals surface area contributed by atoms with Gasteiger partial charge in [0.05, 0.1) is 0 Å². The predicted octanol–water partition coefficient (Wildman–Crippen LogP) is 1.42. The van der Waals surface area contributed by atoms with Crippen LogP contribution in [0.1, 0.15) is 26.2 Å². The van der Waals surface area contributed by atoms with Crippen molar-refractivity contribution in [2.24, 2.45) is 17.8 Å². The van der Waals surface area contributed by atoms with Gasteiger partial charge in [-0.15, -0.1) is 0 Å². The fourth-order valence-electron chi connectivity index (χ4n) is 2.73. The minimum absolute atomic E-state index is 0.357. The Kier molecular flexibility index (Phi) is 2.14. The first-order chi connectivity index (χ1) is 6.49. The Balaban J connectivity index is 1.99. The fraction of sp³-hybridized carbons (Fsp3) is 0.727. The van der Waals surface area contributed by atoms with Gasteiger partial charge in [0.2, 0.25) is 0 Å². The molecule has 3 heteroatoms. The molecule has 78 valence electrons. The number of rotatable bonds is 3. The predicted molar refractivity (Wildman–Crippen MR) is 51.7 cm³/mol. The van der Waals surface area contributed by atoms with Crippen LogP contribution >= 0.6 is 0 Å². The van der Waals surface area contributed by atoms with Gasteiger partial charge in [0.1, 0.15) is 0 Å². The van der Waals surface area contributed by atoms with E-state index in [1.165, 1.54) is 6.92 Å². The fourth-order valence-corrected chi connectivity index (χ4v) is 2.73. The molecular weight excluding hydrogens is 180 g/mol. The van der Waals surface area contributed by atoms with E-state index in [4.69, 9.17) is 5.11 Å². The van der Waals surface area contributed by atoms with Crippen LogP contribution in [0.4, 0.5) is 0 Å². The van der Waals surface area contributed by atoms with Gasteiger partial charge >= 0.3 is 5.97 Å². The van der Waals surface area contributed by atoms with Crippen LogP contribution in [0, 0.1) is 17.8 Å². The van der Waals surface area contributed by atoms with Crippen molar-refractivity contribution in [3.63, 3.8) is 0 Å². The normalized spacial score (nSPS) is 38.6. The lowest BCUT2D eigenvalue weighted by molar-refractivity contribution is -0.158. The molecule has 2 bridgehead atoms. The highest BCUT2D eigenvalue weighted by atomic mass is 16.4. The number of carboxylic acid groups (broad SMARTS) is 1. The zero-order chi connectivity index (χ0) is 10.3. The van der Waals surface area contributed by atoms with Gasteiger partial charge in [-0.2, -0.15) is 0 Å². The van der Waals surface area contributed by atoms with Gasteiger partial charge in [-0.25, -0.2) is 4.79 Å². The van der Waals surface area contributed by atoms with Gasteiger partial charge in [0.15, 0.2) is 5.60 Å². The summed E-state index contributed by atoms with van der Waals surface area (Å²) in [6, 6.07) is 0. The average molecular weight is 196 g/mol. The summed E-state index contributed by atoms with van der Waals surface area (Å²) in [5.41, 5.74) is -1.55. The number of fused-ring (bicyclic) bond motifs is 2. The third kappa shape index (κ3) is 1.57. The van der Waals surface area contributed by atoms with E-state index in [-0.39, 0.29) is 0 Å². The average Bonchev–Trinajstić information content (AvgIpc) is 2.63. The number of carbonyl (C=O) groups is 1. The summed E-state index contributed by atoms with van der Waals surface area (Å²) in [5.74, 6) is 0.390. The molecule has 2 rings (SSSR count). The monoisotopic (exact) mass is 196 g/mol. The highest BCUT2D eigenvalue weighted by Gasteiger charge is 2.41. The van der Waals surface area contributed by atoms with Gasteiger partial charge in [-0.1, -0.05) is 12.2 Å². The van der Waals surface area contributed by atoms with Crippen molar-refractivity contribution < 1.29 is 15.0 Å². The maximum Gasteiger partial charge on any atom is 0.335 e. The Bertz CT molecular complexity index is 280. The van der Waals surface area contributed by atoms with Crippen molar-refractivity contribution in [1.29, 1.82) is 0 Å². The van der Waals surface area contributed by atoms with Crippen molar-refractivity contribution >= 4 is 5.97 Å². The molecule has 3 nitrogen and oxygen atoms in total. The molecule has 1 fully saturated rings. The summed E-state index contributed by atoms with van der Waals surface area (Å²) < 4.78 is 0. The van der Waals surface area contributed by atoms with Crippen LogP contribution < -0.4 is 0 Å². The molecule has 0 aromatic heterocycles. The van der Waals surface area contributed by atoms with Crippen molar-refractivity contribution in [2.75, 3.05) is 0 Å². The largest absolute Gasteiger partial charge is 0.479 e. The van der Waals surface area contributed by atoms with Gasteiger partial charge < -0.3 is 10.2 Å². The lowest BCUT2D eigenvalue weighted by Gasteiger charge is -2.25. The van der Waals surface area contributed by atoms with Gasteiger partial charge in [-0.05, 0) is 43.9 Å². The van der Waals surface area contributed by atoms with Crippen LogP contribution in [0.15, 0.2) is 12.2 Å². The zero-order valence-electron chi connectivity index (χ0n) is 8.31. The standard InChI is InChI=1S/C11H16O3/c1-11(14,10(12)13)6-9-5-7-2-3-8(9)4-7/h2-3,7-9,14H,4-6H2,1H3,(H,12,13). The van der Waals surface area contributed by atoms with E-state index in [1.54, 1.807) is 0 Å². The molecule has 0 radical (unpaired) electrons. The smallest absolute Gasteiger partial charge is 0.335 e. The molecule has 0 heterocycles. The molecule has 0 spiro atoms. The Hall–Kier alpha value is -0.830. The molecular formula is C11H16O3. The molecule has 1 saturated carbocycles. The van der Waals surface area contributed by atoms with Crippen molar-refractivity contribution in [2.45, 2.75) is 31.8 Å². The second-order valence-corrected chi connectivity index (χ2v) is 4.82. The van der Waals surface area contributed by atoms with E-state index >= 15 is 0 Å². The molecule has 0 saturated heterocycles. The van der Waals surface area contributed by atoms with E-state index in [1.807, 2.05) is 0 Å². The van der Waals surface area contributed by atoms with Gasteiger partial charge in [0, 0.05) is 0 Å². The highest BCUT2D eigenvalue weighted by Crippen LogP contribution is 2.46. The topological polar surface area (TPSA) is 57.5 Å². The molecule has 0 amide bonds. The molecule has 4 atom stereocenters. The summed E-state index contributed by atoms with van der Waals surface area (Å²) in [5, 5.41) is 18.5. The lowest BCUT2D eigenvalue weighted by atomic mass is 9.83. The quantitative estimate of drug-likeness (QED) is 0.671. The van der Waals surface area contributed by atoms with E-state index in [0.717, 1.165) is 12.8 Å². The number of hydrogen-bond donors (Lipinski definition) is 2. The zero-order valence-corrected chi connectivity index (χ0v) is 8.31. The van der Waals surface area contributed by atoms with Crippen LogP contribution in [0.3, 0.4) is 0 Å². The van der Waals surface area contributed by atoms with E-state index in [0.29, 0.717) is 24.2 Å². The number of aliphatic carboxylic acids is 1. The number of aliphatic hydroxyl groups is 1. The van der Waals surface area contributed by atoms with Crippen LogP contribution in [0.2, 0.25) is 0 Å². The molecule has 2 N–H and O–H groups in total. The number of hydrogen-bond acceptors (Lipinski definition) is 2. The summed E-state index contributed by atoms with van der Waals surface area (Å²) in [7, 11) is 0. The molecule has 0 aliphatic heterocycles. The third-order valence-corrected chi connectivity index (χ3v) is 3.54. The lowest BCUT2D eigenvalue weighted by Crippen LogP contribution is -2.37. The first-order valence-corrected chi connectivity index (χ1v) is 5.13. The molecule has 2 aliphatic rings. The van der Waals surface area contributed by atoms with E-state index in [9.17, 15) is 9.90 Å². The maximum absolute atomic E-state index is 10.7. The minimum atomic E-state index is -1.55. The van der Waals surface area contributed by atoms with Gasteiger partial charge in [0.25, 0.3) is 0 Å². The number of carboxylic acids is 1. The first kappa shape index (κ1) is 9.71. The highest BCUT2D eigenvalue weighted by molar-refractivity contribution is 5.76. The summed E-state index contributed by atoms with van der Waals surface area (Å²) in [6.07, 6.45) is 6.98. The molecule has 0 aromatic carbocycles. The van der Waals surface area contributed by atoms with E-state index in [2.05, 4.69) is 12.2 Å².